The number of carbonyl (C=O) groups excluding carboxylic acids is 1. The molecule has 2 aromatic heterocycles. The highest BCUT2D eigenvalue weighted by Crippen LogP contribution is 2.44. The van der Waals surface area contributed by atoms with Gasteiger partial charge in [-0.2, -0.15) is 0 Å². The quantitative estimate of drug-likeness (QED) is 0.668. The highest BCUT2D eigenvalue weighted by Gasteiger charge is 2.33. The van der Waals surface area contributed by atoms with Gasteiger partial charge in [-0.3, -0.25) is 0 Å². The van der Waals surface area contributed by atoms with E-state index in [1.165, 1.54) is 29.4 Å². The minimum absolute atomic E-state index is 0.0139. The fourth-order valence-electron chi connectivity index (χ4n) is 2.48. The SMILES string of the molecule is O=C(O)c1sc2ncnc3c2c1NC(=O)N3c1ccc(F)c(Br)c1. The van der Waals surface area contributed by atoms with Gasteiger partial charge in [0, 0.05) is 0 Å². The first-order valence-corrected chi connectivity index (χ1v) is 8.15. The summed E-state index contributed by atoms with van der Waals surface area (Å²) in [5, 5.41) is 12.3. The molecule has 4 rings (SSSR count). The van der Waals surface area contributed by atoms with Gasteiger partial charge in [-0.1, -0.05) is 0 Å². The number of hydrogen-bond acceptors (Lipinski definition) is 5. The third-order valence-electron chi connectivity index (χ3n) is 3.47. The summed E-state index contributed by atoms with van der Waals surface area (Å²) in [6.07, 6.45) is 1.26. The lowest BCUT2D eigenvalue weighted by Gasteiger charge is -2.27. The van der Waals surface area contributed by atoms with Gasteiger partial charge in [0.2, 0.25) is 0 Å². The van der Waals surface area contributed by atoms with Gasteiger partial charge in [0.25, 0.3) is 0 Å². The summed E-state index contributed by atoms with van der Waals surface area (Å²) >= 11 is 4.04. The standard InChI is InChI=1S/C14H6BrFN4O3S/c15-6-3-5(1-2-7(6)16)20-11-8-9(19-14(20)23)10(13(21)22)24-12(8)18-4-17-11/h1-4H,(H,19,23)(H,21,22). The Morgan fingerprint density at radius 2 is 2.17 bits per heavy atom. The van der Waals surface area contributed by atoms with Crippen molar-refractivity contribution in [1.82, 2.24) is 9.97 Å². The van der Waals surface area contributed by atoms with Gasteiger partial charge < -0.3 is 10.4 Å². The van der Waals surface area contributed by atoms with Crippen molar-refractivity contribution in [3.05, 3.63) is 39.7 Å². The van der Waals surface area contributed by atoms with E-state index >= 15 is 0 Å². The summed E-state index contributed by atoms with van der Waals surface area (Å²) < 4.78 is 13.7. The molecule has 2 N–H and O–H groups in total. The number of hydrogen-bond donors (Lipinski definition) is 2. The molecular formula is C14H6BrFN4O3S. The summed E-state index contributed by atoms with van der Waals surface area (Å²) in [5.41, 5.74) is 0.565. The molecule has 3 heterocycles. The molecular weight excluding hydrogens is 403 g/mol. The number of thiophene rings is 1. The van der Waals surface area contributed by atoms with Gasteiger partial charge in [0.15, 0.2) is 5.82 Å². The maximum Gasteiger partial charge on any atom is 0.348 e. The Balaban J connectivity index is 1.99. The first-order chi connectivity index (χ1) is 11.5. The number of carboxylic acid groups (broad SMARTS) is 1. The topological polar surface area (TPSA) is 95.4 Å². The number of urea groups is 1. The van der Waals surface area contributed by atoms with Gasteiger partial charge in [0.05, 0.1) is 21.2 Å². The fraction of sp³-hybridized carbons (Fsp3) is 0. The zero-order valence-corrected chi connectivity index (χ0v) is 14.0. The molecule has 0 saturated carbocycles. The lowest BCUT2D eigenvalue weighted by atomic mass is 10.2. The van der Waals surface area contributed by atoms with Crippen molar-refractivity contribution in [2.75, 3.05) is 10.2 Å². The Labute approximate surface area is 145 Å². The molecule has 2 amide bonds. The molecule has 0 saturated heterocycles. The van der Waals surface area contributed by atoms with Crippen LogP contribution in [0.4, 0.5) is 26.4 Å². The minimum Gasteiger partial charge on any atom is -0.477 e. The van der Waals surface area contributed by atoms with Crippen LogP contribution in [0, 0.1) is 5.82 Å². The molecule has 3 aromatic rings. The molecule has 0 bridgehead atoms. The number of aromatic carboxylic acids is 1. The normalized spacial score (nSPS) is 13.2. The van der Waals surface area contributed by atoms with Crippen LogP contribution in [0.25, 0.3) is 10.2 Å². The van der Waals surface area contributed by atoms with E-state index in [0.29, 0.717) is 15.9 Å². The average molecular weight is 409 g/mol. The van der Waals surface area contributed by atoms with Crippen LogP contribution in [0.15, 0.2) is 29.0 Å². The lowest BCUT2D eigenvalue weighted by molar-refractivity contribution is 0.0703. The Morgan fingerprint density at radius 1 is 1.38 bits per heavy atom. The van der Waals surface area contributed by atoms with Crippen molar-refractivity contribution in [3.63, 3.8) is 0 Å². The third kappa shape index (κ3) is 2.07. The van der Waals surface area contributed by atoms with Gasteiger partial charge in [-0.05, 0) is 34.1 Å². The van der Waals surface area contributed by atoms with Crippen LogP contribution < -0.4 is 10.2 Å². The number of nitrogens with zero attached hydrogens (tertiary/aromatic N) is 3. The second-order valence-corrected chi connectivity index (χ2v) is 6.71. The first-order valence-electron chi connectivity index (χ1n) is 6.54. The predicted octanol–water partition coefficient (Wildman–Crippen LogP) is 3.97. The number of benzene rings is 1. The molecule has 0 spiro atoms. The lowest BCUT2D eigenvalue weighted by Crippen LogP contribution is -2.34. The second-order valence-electron chi connectivity index (χ2n) is 4.85. The number of amides is 2. The molecule has 0 aliphatic carbocycles. The van der Waals surface area contributed by atoms with Crippen LogP contribution in [-0.2, 0) is 0 Å². The van der Waals surface area contributed by atoms with Gasteiger partial charge in [-0.15, -0.1) is 11.3 Å². The third-order valence-corrected chi connectivity index (χ3v) is 5.16. The minimum atomic E-state index is -1.16. The molecule has 1 aliphatic heterocycles. The number of carbonyl (C=O) groups is 2. The van der Waals surface area contributed by atoms with E-state index in [1.54, 1.807) is 0 Å². The van der Waals surface area contributed by atoms with Crippen molar-refractivity contribution < 1.29 is 19.1 Å². The highest BCUT2D eigenvalue weighted by atomic mass is 79.9. The van der Waals surface area contributed by atoms with Crippen molar-refractivity contribution in [1.29, 1.82) is 0 Å². The van der Waals surface area contributed by atoms with Crippen molar-refractivity contribution in [2.24, 2.45) is 0 Å². The first kappa shape index (κ1) is 15.0. The Morgan fingerprint density at radius 3 is 2.88 bits per heavy atom. The highest BCUT2D eigenvalue weighted by molar-refractivity contribution is 9.10. The Kier molecular flexibility index (Phi) is 3.25. The number of nitrogens with one attached hydrogen (secondary N) is 1. The largest absolute Gasteiger partial charge is 0.477 e. The van der Waals surface area contributed by atoms with Crippen LogP contribution in [0.5, 0.6) is 0 Å². The smallest absolute Gasteiger partial charge is 0.348 e. The number of rotatable bonds is 2. The van der Waals surface area contributed by atoms with E-state index in [1.807, 2.05) is 0 Å². The van der Waals surface area contributed by atoms with Gasteiger partial charge in [-0.25, -0.2) is 28.8 Å². The van der Waals surface area contributed by atoms with E-state index in [2.05, 4.69) is 31.2 Å². The summed E-state index contributed by atoms with van der Waals surface area (Å²) in [6.45, 7) is 0. The van der Waals surface area contributed by atoms with Crippen LogP contribution in [0.1, 0.15) is 9.67 Å². The zero-order valence-electron chi connectivity index (χ0n) is 11.6. The monoisotopic (exact) mass is 408 g/mol. The summed E-state index contributed by atoms with van der Waals surface area (Å²) in [7, 11) is 0. The molecule has 0 fully saturated rings. The van der Waals surface area contributed by atoms with E-state index in [0.717, 1.165) is 11.3 Å². The molecule has 0 atom stereocenters. The molecule has 120 valence electrons. The second kappa shape index (κ2) is 5.21. The van der Waals surface area contributed by atoms with Crippen LogP contribution in [0.2, 0.25) is 0 Å². The van der Waals surface area contributed by atoms with Crippen molar-refractivity contribution in [3.8, 4) is 0 Å². The van der Waals surface area contributed by atoms with Crippen molar-refractivity contribution >= 4 is 66.7 Å². The molecule has 1 aromatic carbocycles. The number of halogens is 2. The van der Waals surface area contributed by atoms with Gasteiger partial charge in [0.1, 0.15) is 21.9 Å². The Bertz CT molecular complexity index is 1040. The Hall–Kier alpha value is -2.59. The number of aromatic nitrogens is 2. The maximum absolute atomic E-state index is 13.5. The summed E-state index contributed by atoms with van der Waals surface area (Å²) in [6, 6.07) is 3.51. The summed E-state index contributed by atoms with van der Waals surface area (Å²) in [4.78, 5) is 33.8. The zero-order chi connectivity index (χ0) is 17.0. The average Bonchev–Trinajstić information content (AvgIpc) is 2.91. The van der Waals surface area contributed by atoms with Crippen LogP contribution in [0.3, 0.4) is 0 Å². The maximum atomic E-state index is 13.5. The molecule has 1 aliphatic rings. The van der Waals surface area contributed by atoms with Crippen LogP contribution >= 0.6 is 27.3 Å². The predicted molar refractivity (Wildman–Crippen MR) is 89.6 cm³/mol. The van der Waals surface area contributed by atoms with Crippen LogP contribution in [-0.4, -0.2) is 27.1 Å². The molecule has 24 heavy (non-hydrogen) atoms. The number of carboxylic acids is 1. The fourth-order valence-corrected chi connectivity index (χ4v) is 3.78. The van der Waals surface area contributed by atoms with Crippen molar-refractivity contribution in [2.45, 2.75) is 0 Å². The van der Waals surface area contributed by atoms with Gasteiger partial charge >= 0.3 is 12.0 Å². The molecule has 10 heteroatoms. The van der Waals surface area contributed by atoms with E-state index < -0.39 is 17.8 Å². The van der Waals surface area contributed by atoms with E-state index in [9.17, 15) is 19.1 Å². The molecule has 7 nitrogen and oxygen atoms in total. The summed E-state index contributed by atoms with van der Waals surface area (Å²) in [5.74, 6) is -1.37. The van der Waals surface area contributed by atoms with E-state index in [4.69, 9.17) is 0 Å². The number of anilines is 3. The molecule has 0 radical (unpaired) electrons. The molecule has 0 unspecified atom stereocenters. The van der Waals surface area contributed by atoms with E-state index in [-0.39, 0.29) is 20.9 Å².